The molecule has 0 unspecified atom stereocenters. The molecule has 0 aliphatic rings. The topological polar surface area (TPSA) is 37.3 Å². The van der Waals surface area contributed by atoms with E-state index in [1.54, 1.807) is 12.1 Å². The number of aromatic hydroxyl groups is 1. The predicted molar refractivity (Wildman–Crippen MR) is 67.8 cm³/mol. The fourth-order valence-electron chi connectivity index (χ4n) is 0.959. The van der Waals surface area contributed by atoms with Gasteiger partial charge in [0.15, 0.2) is 5.78 Å². The summed E-state index contributed by atoms with van der Waals surface area (Å²) in [6.45, 7) is 10.2. The standard InChI is InChI=1S/C10H12O2.C4H10/c1-7(2)10(12)8-3-5-9(11)6-4-8;1-4(2)3/h3-7,11H,1-2H3;4H,1-3H3. The van der Waals surface area contributed by atoms with Crippen molar-refractivity contribution in [2.24, 2.45) is 11.8 Å². The van der Waals surface area contributed by atoms with E-state index in [-0.39, 0.29) is 17.5 Å². The molecule has 0 saturated heterocycles. The van der Waals surface area contributed by atoms with Crippen LogP contribution in [-0.4, -0.2) is 10.9 Å². The van der Waals surface area contributed by atoms with Crippen LogP contribution in [0.15, 0.2) is 24.3 Å². The molecule has 1 N–H and O–H groups in total. The lowest BCUT2D eigenvalue weighted by Gasteiger charge is -2.02. The van der Waals surface area contributed by atoms with Gasteiger partial charge in [0.1, 0.15) is 5.75 Å². The van der Waals surface area contributed by atoms with Crippen molar-refractivity contribution < 1.29 is 9.90 Å². The summed E-state index contributed by atoms with van der Waals surface area (Å²) < 4.78 is 0. The Bertz CT molecular complexity index is 307. The molecule has 2 heteroatoms. The molecule has 0 radical (unpaired) electrons. The highest BCUT2D eigenvalue weighted by atomic mass is 16.3. The molecule has 0 aliphatic heterocycles. The van der Waals surface area contributed by atoms with Crippen molar-refractivity contribution in [3.8, 4) is 5.75 Å². The summed E-state index contributed by atoms with van der Waals surface area (Å²) in [5.41, 5.74) is 0.655. The molecule has 0 aromatic heterocycles. The van der Waals surface area contributed by atoms with Crippen molar-refractivity contribution in [2.75, 3.05) is 0 Å². The average Bonchev–Trinajstić information content (AvgIpc) is 2.17. The summed E-state index contributed by atoms with van der Waals surface area (Å²) in [5.74, 6) is 1.14. The highest BCUT2D eigenvalue weighted by Gasteiger charge is 2.09. The van der Waals surface area contributed by atoms with Gasteiger partial charge in [-0.25, -0.2) is 0 Å². The number of Topliss-reactive ketones (excluding diaryl/α,β-unsaturated/α-hetero) is 1. The lowest BCUT2D eigenvalue weighted by molar-refractivity contribution is 0.0939. The number of carbonyl (C=O) groups excluding carboxylic acids is 1. The van der Waals surface area contributed by atoms with Crippen LogP contribution in [0.3, 0.4) is 0 Å². The molecule has 16 heavy (non-hydrogen) atoms. The maximum absolute atomic E-state index is 11.4. The Kier molecular flexibility index (Phi) is 6.47. The zero-order valence-corrected chi connectivity index (χ0v) is 10.8. The molecule has 0 aliphatic carbocycles. The Morgan fingerprint density at radius 2 is 1.38 bits per heavy atom. The molecule has 1 aromatic rings. The number of hydrogen-bond donors (Lipinski definition) is 1. The number of phenols is 1. The summed E-state index contributed by atoms with van der Waals surface area (Å²) in [5, 5.41) is 8.97. The van der Waals surface area contributed by atoms with Crippen molar-refractivity contribution in [3.05, 3.63) is 29.8 Å². The highest BCUT2D eigenvalue weighted by Crippen LogP contribution is 2.13. The van der Waals surface area contributed by atoms with Gasteiger partial charge in [0.05, 0.1) is 0 Å². The first kappa shape index (κ1) is 14.7. The number of ketones is 1. The van der Waals surface area contributed by atoms with Gasteiger partial charge in [0.2, 0.25) is 0 Å². The van der Waals surface area contributed by atoms with Gasteiger partial charge in [0.25, 0.3) is 0 Å². The quantitative estimate of drug-likeness (QED) is 0.771. The van der Waals surface area contributed by atoms with Crippen LogP contribution in [0.4, 0.5) is 0 Å². The van der Waals surface area contributed by atoms with Crippen LogP contribution in [-0.2, 0) is 0 Å². The zero-order chi connectivity index (χ0) is 12.7. The van der Waals surface area contributed by atoms with Crippen LogP contribution in [0.5, 0.6) is 5.75 Å². The van der Waals surface area contributed by atoms with Gasteiger partial charge in [-0.3, -0.25) is 4.79 Å². The average molecular weight is 222 g/mol. The fraction of sp³-hybridized carbons (Fsp3) is 0.500. The van der Waals surface area contributed by atoms with E-state index >= 15 is 0 Å². The van der Waals surface area contributed by atoms with Gasteiger partial charge in [-0.2, -0.15) is 0 Å². The molecule has 0 heterocycles. The molecule has 0 spiro atoms. The van der Waals surface area contributed by atoms with E-state index in [1.165, 1.54) is 12.1 Å². The normalized spacial score (nSPS) is 9.94. The van der Waals surface area contributed by atoms with Crippen LogP contribution in [0.1, 0.15) is 45.0 Å². The van der Waals surface area contributed by atoms with Crippen LogP contribution in [0.25, 0.3) is 0 Å². The van der Waals surface area contributed by atoms with Crippen molar-refractivity contribution >= 4 is 5.78 Å². The third-order valence-electron chi connectivity index (χ3n) is 1.68. The molecule has 0 atom stereocenters. The second-order valence-electron chi connectivity index (χ2n) is 4.80. The van der Waals surface area contributed by atoms with E-state index in [1.807, 2.05) is 13.8 Å². The number of hydrogen-bond acceptors (Lipinski definition) is 2. The molecular formula is C14H22O2. The van der Waals surface area contributed by atoms with Gasteiger partial charge in [0, 0.05) is 11.5 Å². The van der Waals surface area contributed by atoms with Gasteiger partial charge < -0.3 is 5.11 Å². The van der Waals surface area contributed by atoms with Crippen LogP contribution in [0, 0.1) is 11.8 Å². The summed E-state index contributed by atoms with van der Waals surface area (Å²) in [4.78, 5) is 11.4. The maximum atomic E-state index is 11.4. The van der Waals surface area contributed by atoms with E-state index in [2.05, 4.69) is 20.8 Å². The van der Waals surface area contributed by atoms with Crippen molar-refractivity contribution in [3.63, 3.8) is 0 Å². The minimum atomic E-state index is 0.00884. The highest BCUT2D eigenvalue weighted by molar-refractivity contribution is 5.97. The van der Waals surface area contributed by atoms with Crippen LogP contribution >= 0.6 is 0 Å². The molecular weight excluding hydrogens is 200 g/mol. The maximum Gasteiger partial charge on any atom is 0.165 e. The van der Waals surface area contributed by atoms with E-state index in [0.29, 0.717) is 5.56 Å². The minimum Gasteiger partial charge on any atom is -0.508 e. The smallest absolute Gasteiger partial charge is 0.165 e. The summed E-state index contributed by atoms with van der Waals surface area (Å²) in [7, 11) is 0. The van der Waals surface area contributed by atoms with Gasteiger partial charge in [-0.1, -0.05) is 34.6 Å². The monoisotopic (exact) mass is 222 g/mol. The SMILES string of the molecule is CC(C)C.CC(C)C(=O)c1ccc(O)cc1. The molecule has 0 bridgehead atoms. The molecule has 1 rings (SSSR count). The van der Waals surface area contributed by atoms with E-state index in [0.717, 1.165) is 5.92 Å². The third kappa shape index (κ3) is 6.23. The summed E-state index contributed by atoms with van der Waals surface area (Å²) >= 11 is 0. The Morgan fingerprint density at radius 1 is 1.00 bits per heavy atom. The van der Waals surface area contributed by atoms with Gasteiger partial charge in [-0.05, 0) is 30.2 Å². The molecule has 0 saturated carbocycles. The van der Waals surface area contributed by atoms with Gasteiger partial charge >= 0.3 is 0 Å². The molecule has 90 valence electrons. The van der Waals surface area contributed by atoms with Crippen molar-refractivity contribution in [1.82, 2.24) is 0 Å². The Balaban J connectivity index is 0.000000487. The first-order valence-corrected chi connectivity index (χ1v) is 5.67. The third-order valence-corrected chi connectivity index (χ3v) is 1.68. The van der Waals surface area contributed by atoms with Crippen LogP contribution in [0.2, 0.25) is 0 Å². The number of carbonyl (C=O) groups is 1. The lowest BCUT2D eigenvalue weighted by atomic mass is 10.0. The minimum absolute atomic E-state index is 0.00884. The van der Waals surface area contributed by atoms with Gasteiger partial charge in [-0.15, -0.1) is 0 Å². The van der Waals surface area contributed by atoms with E-state index in [4.69, 9.17) is 5.11 Å². The molecule has 1 aromatic carbocycles. The van der Waals surface area contributed by atoms with E-state index in [9.17, 15) is 4.79 Å². The second-order valence-corrected chi connectivity index (χ2v) is 4.80. The fourth-order valence-corrected chi connectivity index (χ4v) is 0.959. The first-order chi connectivity index (χ1) is 7.34. The van der Waals surface area contributed by atoms with Crippen molar-refractivity contribution in [2.45, 2.75) is 34.6 Å². The van der Waals surface area contributed by atoms with E-state index < -0.39 is 0 Å². The number of phenolic OH excluding ortho intramolecular Hbond substituents is 1. The summed E-state index contributed by atoms with van der Waals surface area (Å²) in [6, 6.07) is 6.32. The summed E-state index contributed by atoms with van der Waals surface area (Å²) in [6.07, 6.45) is 0. The zero-order valence-electron chi connectivity index (χ0n) is 10.8. The lowest BCUT2D eigenvalue weighted by Crippen LogP contribution is -2.06. The van der Waals surface area contributed by atoms with Crippen LogP contribution < -0.4 is 0 Å². The Morgan fingerprint density at radius 3 is 1.69 bits per heavy atom. The Hall–Kier alpha value is -1.31. The molecule has 0 amide bonds. The first-order valence-electron chi connectivity index (χ1n) is 5.67. The predicted octanol–water partition coefficient (Wildman–Crippen LogP) is 3.89. The Labute approximate surface area is 98.3 Å². The number of rotatable bonds is 2. The number of benzene rings is 1. The second kappa shape index (κ2) is 7.04. The van der Waals surface area contributed by atoms with Crippen molar-refractivity contribution in [1.29, 1.82) is 0 Å². The molecule has 0 fully saturated rings. The largest absolute Gasteiger partial charge is 0.508 e. The molecule has 2 nitrogen and oxygen atoms in total.